The third kappa shape index (κ3) is 2.97. The third-order valence-electron chi connectivity index (χ3n) is 5.63. The van der Waals surface area contributed by atoms with Gasteiger partial charge in [-0.25, -0.2) is 9.59 Å². The minimum atomic E-state index is -0.538. The summed E-state index contributed by atoms with van der Waals surface area (Å²) < 4.78 is 11.3. The largest absolute Gasteiger partial charge is 0.458 e. The van der Waals surface area contributed by atoms with Gasteiger partial charge < -0.3 is 14.6 Å². The summed E-state index contributed by atoms with van der Waals surface area (Å²) in [6, 6.07) is 0. The highest BCUT2D eigenvalue weighted by Crippen LogP contribution is 2.50. The highest BCUT2D eigenvalue weighted by Gasteiger charge is 2.54. The van der Waals surface area contributed by atoms with Gasteiger partial charge in [0.15, 0.2) is 0 Å². The van der Waals surface area contributed by atoms with Crippen molar-refractivity contribution in [2.75, 3.05) is 6.61 Å². The van der Waals surface area contributed by atoms with Crippen LogP contribution < -0.4 is 0 Å². The average molecular weight is 344 g/mol. The van der Waals surface area contributed by atoms with Gasteiger partial charge >= 0.3 is 11.9 Å². The van der Waals surface area contributed by atoms with Gasteiger partial charge in [-0.05, 0) is 32.3 Å². The molecule has 25 heavy (non-hydrogen) atoms. The summed E-state index contributed by atoms with van der Waals surface area (Å²) in [7, 11) is 0. The first-order valence-electron chi connectivity index (χ1n) is 8.57. The van der Waals surface area contributed by atoms with E-state index < -0.39 is 18.0 Å². The molecule has 5 heteroatoms. The van der Waals surface area contributed by atoms with Gasteiger partial charge in [0.25, 0.3) is 0 Å². The highest BCUT2D eigenvalue weighted by molar-refractivity contribution is 5.92. The van der Waals surface area contributed by atoms with Gasteiger partial charge in [-0.1, -0.05) is 30.4 Å². The summed E-state index contributed by atoms with van der Waals surface area (Å²) in [5.74, 6) is -1.02. The van der Waals surface area contributed by atoms with Crippen molar-refractivity contribution >= 4 is 11.9 Å². The van der Waals surface area contributed by atoms with E-state index in [0.717, 1.165) is 12.0 Å². The molecule has 0 aromatic carbocycles. The minimum Gasteiger partial charge on any atom is -0.458 e. The van der Waals surface area contributed by atoms with E-state index in [1.807, 2.05) is 6.92 Å². The molecule has 1 saturated heterocycles. The third-order valence-corrected chi connectivity index (χ3v) is 5.63. The van der Waals surface area contributed by atoms with Crippen LogP contribution in [0, 0.1) is 17.8 Å². The Labute approximate surface area is 147 Å². The lowest BCUT2D eigenvalue weighted by Crippen LogP contribution is -2.36. The fourth-order valence-electron chi connectivity index (χ4n) is 4.26. The number of fused-ring (bicyclic) bond motifs is 3. The number of rotatable bonds is 3. The van der Waals surface area contributed by atoms with E-state index in [-0.39, 0.29) is 30.5 Å². The summed E-state index contributed by atoms with van der Waals surface area (Å²) in [4.78, 5) is 24.5. The molecule has 5 nitrogen and oxygen atoms in total. The number of aliphatic hydroxyl groups excluding tert-OH is 1. The molecule has 5 atom stereocenters. The molecule has 2 fully saturated rings. The highest BCUT2D eigenvalue weighted by atomic mass is 16.6. The summed E-state index contributed by atoms with van der Waals surface area (Å²) in [6.07, 6.45) is 4.02. The lowest BCUT2D eigenvalue weighted by Gasteiger charge is -2.28. The van der Waals surface area contributed by atoms with Crippen molar-refractivity contribution < 1.29 is 24.2 Å². The Kier molecular flexibility index (Phi) is 4.69. The zero-order chi connectivity index (χ0) is 18.3. The second kappa shape index (κ2) is 6.64. The second-order valence-electron chi connectivity index (χ2n) is 7.11. The Morgan fingerprint density at radius 2 is 2.16 bits per heavy atom. The van der Waals surface area contributed by atoms with Crippen LogP contribution in [0.15, 0.2) is 47.6 Å². The zero-order valence-corrected chi connectivity index (χ0v) is 14.7. The molecular weight excluding hydrogens is 320 g/mol. The zero-order valence-electron chi connectivity index (χ0n) is 14.7. The fourth-order valence-corrected chi connectivity index (χ4v) is 4.26. The molecule has 0 amide bonds. The number of allylic oxidation sites excluding steroid dienone is 1. The molecule has 0 unspecified atom stereocenters. The van der Waals surface area contributed by atoms with Crippen LogP contribution in [-0.4, -0.2) is 35.9 Å². The Morgan fingerprint density at radius 3 is 2.84 bits per heavy atom. The quantitative estimate of drug-likeness (QED) is 0.484. The van der Waals surface area contributed by atoms with E-state index in [9.17, 15) is 9.59 Å². The lowest BCUT2D eigenvalue weighted by molar-refractivity contribution is -0.148. The number of carbonyl (C=O) groups excluding carboxylic acids is 2. The monoisotopic (exact) mass is 344 g/mol. The molecule has 0 aromatic heterocycles. The summed E-state index contributed by atoms with van der Waals surface area (Å²) in [5, 5.41) is 8.96. The SMILES string of the molecule is C=C1C(=O)O[C@@H]2[C@H]3C(C)=CC[C@H]3C(=C)C[C@@H](OC(=O)/C(C)=C/CO)[C@@H]12. The number of hydrogen-bond donors (Lipinski definition) is 1. The summed E-state index contributed by atoms with van der Waals surface area (Å²) >= 11 is 0. The van der Waals surface area contributed by atoms with Crippen molar-refractivity contribution in [1.29, 1.82) is 0 Å². The maximum absolute atomic E-state index is 12.3. The first-order valence-corrected chi connectivity index (χ1v) is 8.57. The number of carbonyl (C=O) groups is 2. The van der Waals surface area contributed by atoms with Gasteiger partial charge in [-0.15, -0.1) is 0 Å². The number of esters is 2. The van der Waals surface area contributed by atoms with Crippen molar-refractivity contribution in [2.24, 2.45) is 17.8 Å². The molecule has 1 N–H and O–H groups in total. The van der Waals surface area contributed by atoms with Crippen molar-refractivity contribution in [3.05, 3.63) is 47.6 Å². The predicted molar refractivity (Wildman–Crippen MR) is 92.3 cm³/mol. The van der Waals surface area contributed by atoms with Gasteiger partial charge in [-0.2, -0.15) is 0 Å². The van der Waals surface area contributed by atoms with Crippen LogP contribution in [0.2, 0.25) is 0 Å². The molecule has 3 aliphatic rings. The first kappa shape index (κ1) is 17.7. The minimum absolute atomic E-state index is 0.0680. The normalized spacial score (nSPS) is 34.8. The second-order valence-corrected chi connectivity index (χ2v) is 7.11. The van der Waals surface area contributed by atoms with Crippen molar-refractivity contribution in [2.45, 2.75) is 38.9 Å². The van der Waals surface area contributed by atoms with E-state index in [1.54, 1.807) is 6.92 Å². The van der Waals surface area contributed by atoms with Gasteiger partial charge in [0.05, 0.1) is 12.5 Å². The standard InChI is InChI=1S/C20H24O5/c1-10-5-6-14-12(3)9-15(24-19(22)11(2)7-8-21)17-13(4)20(23)25-18(17)16(10)14/h5,7,14-18,21H,3-4,6,8-9H2,1-2H3/b11-7+/t14-,15+,16-,17+,18+/m0/s1. The van der Waals surface area contributed by atoms with E-state index in [0.29, 0.717) is 17.6 Å². The molecule has 1 aliphatic heterocycles. The molecule has 1 heterocycles. The molecular formula is C20H24O5. The van der Waals surface area contributed by atoms with E-state index >= 15 is 0 Å². The Balaban J connectivity index is 1.93. The van der Waals surface area contributed by atoms with Crippen LogP contribution in [0.4, 0.5) is 0 Å². The molecule has 0 radical (unpaired) electrons. The van der Waals surface area contributed by atoms with Crippen LogP contribution in [0.3, 0.4) is 0 Å². The van der Waals surface area contributed by atoms with Crippen LogP contribution in [0.5, 0.6) is 0 Å². The van der Waals surface area contributed by atoms with E-state index in [1.165, 1.54) is 11.6 Å². The summed E-state index contributed by atoms with van der Waals surface area (Å²) in [5.41, 5.74) is 2.89. The van der Waals surface area contributed by atoms with Crippen LogP contribution in [-0.2, 0) is 19.1 Å². The average Bonchev–Trinajstić information content (AvgIpc) is 3.03. The first-order chi connectivity index (χ1) is 11.8. The van der Waals surface area contributed by atoms with Crippen molar-refractivity contribution in [1.82, 2.24) is 0 Å². The smallest absolute Gasteiger partial charge is 0.334 e. The number of ether oxygens (including phenoxy) is 2. The van der Waals surface area contributed by atoms with E-state index in [2.05, 4.69) is 19.2 Å². The van der Waals surface area contributed by atoms with Crippen molar-refractivity contribution in [3.8, 4) is 0 Å². The predicted octanol–water partition coefficient (Wildman–Crippen LogP) is 2.48. The Hall–Kier alpha value is -2.14. The molecule has 1 saturated carbocycles. The molecule has 0 bridgehead atoms. The maximum atomic E-state index is 12.3. The topological polar surface area (TPSA) is 72.8 Å². The van der Waals surface area contributed by atoms with Gasteiger partial charge in [0, 0.05) is 23.5 Å². The van der Waals surface area contributed by atoms with Crippen LogP contribution >= 0.6 is 0 Å². The van der Waals surface area contributed by atoms with Gasteiger partial charge in [-0.3, -0.25) is 0 Å². The number of hydrogen-bond acceptors (Lipinski definition) is 5. The van der Waals surface area contributed by atoms with Crippen LogP contribution in [0.25, 0.3) is 0 Å². The number of aliphatic hydroxyl groups is 1. The Bertz CT molecular complexity index is 699. The van der Waals surface area contributed by atoms with E-state index in [4.69, 9.17) is 14.6 Å². The molecule has 2 aliphatic carbocycles. The molecule has 0 aromatic rings. The maximum Gasteiger partial charge on any atom is 0.334 e. The van der Waals surface area contributed by atoms with Crippen LogP contribution in [0.1, 0.15) is 26.7 Å². The Morgan fingerprint density at radius 1 is 1.44 bits per heavy atom. The van der Waals surface area contributed by atoms with Gasteiger partial charge in [0.1, 0.15) is 12.2 Å². The fraction of sp³-hybridized carbons (Fsp3) is 0.500. The summed E-state index contributed by atoms with van der Waals surface area (Å²) in [6.45, 7) is 11.5. The molecule has 0 spiro atoms. The lowest BCUT2D eigenvalue weighted by atomic mass is 9.80. The molecule has 3 rings (SSSR count). The molecule has 134 valence electrons. The van der Waals surface area contributed by atoms with Gasteiger partial charge in [0.2, 0.25) is 0 Å². The van der Waals surface area contributed by atoms with Crippen molar-refractivity contribution in [3.63, 3.8) is 0 Å².